The molecule has 18 heavy (non-hydrogen) atoms. The van der Waals surface area contributed by atoms with Crippen molar-refractivity contribution < 1.29 is 9.53 Å². The number of thioether (sulfide) groups is 1. The first-order valence-corrected chi connectivity index (χ1v) is 6.79. The zero-order chi connectivity index (χ0) is 13.0. The number of methoxy groups -OCH3 is 1. The predicted molar refractivity (Wildman–Crippen MR) is 75.8 cm³/mol. The minimum Gasteiger partial charge on any atom is -0.497 e. The maximum atomic E-state index is 11.2. The molecular formula is C15H16O2S. The summed E-state index contributed by atoms with van der Waals surface area (Å²) < 4.78 is 5.14. The molecular weight excluding hydrogens is 244 g/mol. The Morgan fingerprint density at radius 1 is 1.22 bits per heavy atom. The van der Waals surface area contributed by atoms with Crippen molar-refractivity contribution >= 4 is 16.9 Å². The number of allylic oxidation sites excluding steroid dienone is 2. The van der Waals surface area contributed by atoms with Crippen LogP contribution in [0.2, 0.25) is 0 Å². The van der Waals surface area contributed by atoms with E-state index in [2.05, 4.69) is 19.1 Å². The molecule has 2 rings (SSSR count). The third kappa shape index (κ3) is 3.05. The van der Waals surface area contributed by atoms with Gasteiger partial charge in [0, 0.05) is 4.91 Å². The summed E-state index contributed by atoms with van der Waals surface area (Å²) in [7, 11) is 1.67. The smallest absolute Gasteiger partial charge is 0.216 e. The van der Waals surface area contributed by atoms with Crippen molar-refractivity contribution in [1.29, 1.82) is 0 Å². The van der Waals surface area contributed by atoms with Gasteiger partial charge in [-0.05, 0) is 54.5 Å². The molecule has 0 bridgehead atoms. The maximum absolute atomic E-state index is 11.2. The van der Waals surface area contributed by atoms with Gasteiger partial charge in [0.25, 0.3) is 0 Å². The number of carbonyl (C=O) groups excluding carboxylic acids is 1. The van der Waals surface area contributed by atoms with Gasteiger partial charge in [-0.2, -0.15) is 0 Å². The van der Waals surface area contributed by atoms with Crippen LogP contribution in [0.25, 0.3) is 0 Å². The highest BCUT2D eigenvalue weighted by atomic mass is 32.2. The molecule has 0 unspecified atom stereocenters. The van der Waals surface area contributed by atoms with Gasteiger partial charge in [-0.1, -0.05) is 24.6 Å². The van der Waals surface area contributed by atoms with E-state index in [-0.39, 0.29) is 5.12 Å². The highest BCUT2D eigenvalue weighted by molar-refractivity contribution is 8.17. The van der Waals surface area contributed by atoms with Crippen LogP contribution in [0.3, 0.4) is 0 Å². The second-order valence-corrected chi connectivity index (χ2v) is 5.15. The molecule has 0 fully saturated rings. The SMILES string of the molecule is CCC(Cc1ccc(OC)cc1)=C1C=CC(=O)S1. The molecule has 1 aliphatic heterocycles. The number of benzene rings is 1. The molecule has 0 atom stereocenters. The van der Waals surface area contributed by atoms with Gasteiger partial charge in [0.15, 0.2) is 0 Å². The quantitative estimate of drug-likeness (QED) is 0.825. The predicted octanol–water partition coefficient (Wildman–Crippen LogP) is 3.73. The van der Waals surface area contributed by atoms with Crippen LogP contribution in [0.4, 0.5) is 0 Å². The van der Waals surface area contributed by atoms with Crippen LogP contribution < -0.4 is 4.74 Å². The van der Waals surface area contributed by atoms with Crippen molar-refractivity contribution in [3.63, 3.8) is 0 Å². The van der Waals surface area contributed by atoms with Crippen molar-refractivity contribution in [3.05, 3.63) is 52.5 Å². The van der Waals surface area contributed by atoms with Crippen LogP contribution in [0.5, 0.6) is 5.75 Å². The van der Waals surface area contributed by atoms with Crippen molar-refractivity contribution in [2.24, 2.45) is 0 Å². The summed E-state index contributed by atoms with van der Waals surface area (Å²) >= 11 is 1.33. The minimum absolute atomic E-state index is 0.130. The zero-order valence-electron chi connectivity index (χ0n) is 10.6. The Balaban J connectivity index is 2.15. The molecule has 0 radical (unpaired) electrons. The number of carbonyl (C=O) groups is 1. The molecule has 0 saturated heterocycles. The molecule has 0 spiro atoms. The topological polar surface area (TPSA) is 26.3 Å². The standard InChI is InChI=1S/C15H16O2S/c1-3-12(14-8-9-15(16)18-14)10-11-4-6-13(17-2)7-5-11/h4-9H,3,10H2,1-2H3. The summed E-state index contributed by atoms with van der Waals surface area (Å²) in [4.78, 5) is 12.3. The average Bonchev–Trinajstić information content (AvgIpc) is 2.83. The molecule has 0 amide bonds. The first kappa shape index (κ1) is 13.0. The zero-order valence-corrected chi connectivity index (χ0v) is 11.4. The average molecular weight is 260 g/mol. The molecule has 1 aromatic rings. The third-order valence-corrected chi connectivity index (χ3v) is 3.92. The second kappa shape index (κ2) is 5.91. The van der Waals surface area contributed by atoms with Crippen LogP contribution in [0.1, 0.15) is 18.9 Å². The Labute approximate surface area is 112 Å². The Morgan fingerprint density at radius 2 is 1.94 bits per heavy atom. The minimum atomic E-state index is 0.130. The van der Waals surface area contributed by atoms with Gasteiger partial charge in [-0.25, -0.2) is 0 Å². The van der Waals surface area contributed by atoms with Gasteiger partial charge in [0.2, 0.25) is 5.12 Å². The summed E-state index contributed by atoms with van der Waals surface area (Å²) in [5.74, 6) is 0.870. The lowest BCUT2D eigenvalue weighted by Gasteiger charge is -2.08. The molecule has 1 aliphatic rings. The van der Waals surface area contributed by atoms with E-state index in [0.717, 1.165) is 23.5 Å². The van der Waals surface area contributed by atoms with Crippen molar-refractivity contribution in [2.45, 2.75) is 19.8 Å². The molecule has 3 heteroatoms. The first-order chi connectivity index (χ1) is 8.72. The fourth-order valence-electron chi connectivity index (χ4n) is 1.89. The lowest BCUT2D eigenvalue weighted by Crippen LogP contribution is -1.93. The van der Waals surface area contributed by atoms with E-state index in [1.54, 1.807) is 13.2 Å². The van der Waals surface area contributed by atoms with Crippen molar-refractivity contribution in [2.75, 3.05) is 7.11 Å². The number of ether oxygens (including phenoxy) is 1. The Hall–Kier alpha value is -1.48. The summed E-state index contributed by atoms with van der Waals surface area (Å²) in [6.07, 6.45) is 5.42. The fraction of sp³-hybridized carbons (Fsp3) is 0.267. The van der Waals surface area contributed by atoms with Gasteiger partial charge < -0.3 is 4.74 Å². The van der Waals surface area contributed by atoms with E-state index in [4.69, 9.17) is 4.74 Å². The lowest BCUT2D eigenvalue weighted by molar-refractivity contribution is -0.106. The van der Waals surface area contributed by atoms with E-state index >= 15 is 0 Å². The van der Waals surface area contributed by atoms with Gasteiger partial charge in [-0.3, -0.25) is 4.79 Å². The normalized spacial score (nSPS) is 17.1. The third-order valence-electron chi connectivity index (χ3n) is 2.93. The van der Waals surface area contributed by atoms with Gasteiger partial charge in [0.05, 0.1) is 7.11 Å². The van der Waals surface area contributed by atoms with Crippen LogP contribution >= 0.6 is 11.8 Å². The summed E-state index contributed by atoms with van der Waals surface area (Å²) in [6.45, 7) is 2.13. The molecule has 2 nitrogen and oxygen atoms in total. The largest absolute Gasteiger partial charge is 0.497 e. The van der Waals surface area contributed by atoms with Gasteiger partial charge in [-0.15, -0.1) is 0 Å². The van der Waals surface area contributed by atoms with E-state index < -0.39 is 0 Å². The molecule has 1 aromatic carbocycles. The fourth-order valence-corrected chi connectivity index (χ4v) is 2.74. The molecule has 0 aromatic heterocycles. The number of hydrogen-bond donors (Lipinski definition) is 0. The van der Waals surface area contributed by atoms with Crippen LogP contribution in [-0.2, 0) is 11.2 Å². The molecule has 0 saturated carbocycles. The number of rotatable bonds is 4. The first-order valence-electron chi connectivity index (χ1n) is 5.97. The summed E-state index contributed by atoms with van der Waals surface area (Å²) in [5.41, 5.74) is 2.56. The lowest BCUT2D eigenvalue weighted by atomic mass is 10.0. The Morgan fingerprint density at radius 3 is 2.44 bits per heavy atom. The summed E-state index contributed by atoms with van der Waals surface area (Å²) in [6, 6.07) is 8.08. The van der Waals surface area contributed by atoms with Gasteiger partial charge >= 0.3 is 0 Å². The highest BCUT2D eigenvalue weighted by Crippen LogP contribution is 2.31. The van der Waals surface area contributed by atoms with E-state index in [9.17, 15) is 4.79 Å². The van der Waals surface area contributed by atoms with Gasteiger partial charge in [0.1, 0.15) is 5.75 Å². The van der Waals surface area contributed by atoms with Crippen LogP contribution in [0, 0.1) is 0 Å². The molecule has 1 heterocycles. The molecule has 0 N–H and O–H groups in total. The molecule has 94 valence electrons. The van der Waals surface area contributed by atoms with E-state index in [1.165, 1.54) is 22.9 Å². The van der Waals surface area contributed by atoms with E-state index in [1.807, 2.05) is 18.2 Å². The van der Waals surface area contributed by atoms with Crippen LogP contribution in [0.15, 0.2) is 46.9 Å². The van der Waals surface area contributed by atoms with Crippen LogP contribution in [-0.4, -0.2) is 12.2 Å². The Kier molecular flexibility index (Phi) is 4.26. The van der Waals surface area contributed by atoms with Crippen molar-refractivity contribution in [3.8, 4) is 5.75 Å². The summed E-state index contributed by atoms with van der Waals surface area (Å²) in [5, 5.41) is 0.130. The van der Waals surface area contributed by atoms with Crippen molar-refractivity contribution in [1.82, 2.24) is 0 Å². The second-order valence-electron chi connectivity index (χ2n) is 4.10. The highest BCUT2D eigenvalue weighted by Gasteiger charge is 2.13. The number of hydrogen-bond acceptors (Lipinski definition) is 3. The maximum Gasteiger partial charge on any atom is 0.216 e. The monoisotopic (exact) mass is 260 g/mol. The molecule has 0 aliphatic carbocycles. The Bertz CT molecular complexity index is 498. The van der Waals surface area contributed by atoms with E-state index in [0.29, 0.717) is 0 Å².